The maximum absolute atomic E-state index is 11.3. The van der Waals surface area contributed by atoms with Gasteiger partial charge in [0.15, 0.2) is 10.2 Å². The summed E-state index contributed by atoms with van der Waals surface area (Å²) in [6.07, 6.45) is 0.222. The van der Waals surface area contributed by atoms with Crippen LogP contribution in [-0.2, 0) is 16.0 Å². The van der Waals surface area contributed by atoms with E-state index in [4.69, 9.17) is 12.2 Å². The highest BCUT2D eigenvalue weighted by Crippen LogP contribution is 2.23. The highest BCUT2D eigenvalue weighted by Gasteiger charge is 2.13. The van der Waals surface area contributed by atoms with Crippen LogP contribution < -0.4 is 10.6 Å². The number of methoxy groups -OCH3 is 1. The molecule has 0 unspecified atom stereocenters. The Hall–Kier alpha value is -1.99. The van der Waals surface area contributed by atoms with Crippen molar-refractivity contribution >= 4 is 45.5 Å². The number of para-hydroxylation sites is 1. The fourth-order valence-corrected chi connectivity index (χ4v) is 3.04. The maximum Gasteiger partial charge on any atom is 0.310 e. The molecule has 2 N–H and O–H groups in total. The average molecular weight is 335 g/mol. The summed E-state index contributed by atoms with van der Waals surface area (Å²) in [5.74, 6) is -0.279. The van der Waals surface area contributed by atoms with Gasteiger partial charge in [-0.15, -0.1) is 11.3 Å². The van der Waals surface area contributed by atoms with Gasteiger partial charge in [-0.3, -0.25) is 4.79 Å². The topological polar surface area (TPSA) is 63.2 Å². The lowest BCUT2D eigenvalue weighted by atomic mass is 10.2. The van der Waals surface area contributed by atoms with Crippen molar-refractivity contribution in [3.63, 3.8) is 0 Å². The number of ether oxygens (including phenoxy) is 1. The van der Waals surface area contributed by atoms with Gasteiger partial charge in [0.05, 0.1) is 19.2 Å². The zero-order chi connectivity index (χ0) is 16.1. The van der Waals surface area contributed by atoms with Gasteiger partial charge in [-0.25, -0.2) is 4.98 Å². The van der Waals surface area contributed by atoms with Crippen LogP contribution in [0.25, 0.3) is 0 Å². The van der Waals surface area contributed by atoms with E-state index in [1.807, 2.05) is 38.1 Å². The van der Waals surface area contributed by atoms with Gasteiger partial charge in [0.25, 0.3) is 0 Å². The molecule has 0 saturated heterocycles. The van der Waals surface area contributed by atoms with E-state index in [-0.39, 0.29) is 12.4 Å². The van der Waals surface area contributed by atoms with E-state index in [2.05, 4.69) is 20.4 Å². The fourth-order valence-electron chi connectivity index (χ4n) is 1.81. The van der Waals surface area contributed by atoms with Crippen LogP contribution >= 0.6 is 23.6 Å². The molecular weight excluding hydrogens is 318 g/mol. The van der Waals surface area contributed by atoms with E-state index in [1.165, 1.54) is 18.4 Å². The van der Waals surface area contributed by atoms with Crippen molar-refractivity contribution in [2.75, 3.05) is 17.7 Å². The summed E-state index contributed by atoms with van der Waals surface area (Å²) >= 11 is 6.69. The molecule has 2 aromatic rings. The molecule has 116 valence electrons. The van der Waals surface area contributed by atoms with Crippen molar-refractivity contribution < 1.29 is 9.53 Å². The van der Waals surface area contributed by atoms with Gasteiger partial charge in [0, 0.05) is 10.6 Å². The molecule has 0 aliphatic rings. The van der Waals surface area contributed by atoms with Crippen LogP contribution in [0.3, 0.4) is 0 Å². The van der Waals surface area contributed by atoms with Crippen LogP contribution in [0.2, 0.25) is 0 Å². The summed E-state index contributed by atoms with van der Waals surface area (Å²) in [6.45, 7) is 3.87. The second kappa shape index (κ2) is 7.33. The molecule has 0 aliphatic heterocycles. The molecule has 22 heavy (non-hydrogen) atoms. The lowest BCUT2D eigenvalue weighted by molar-refractivity contribution is -0.139. The number of hydrogen-bond donors (Lipinski definition) is 2. The number of thiazole rings is 1. The first-order valence-corrected chi connectivity index (χ1v) is 7.89. The summed E-state index contributed by atoms with van der Waals surface area (Å²) in [5, 5.41) is 7.30. The summed E-state index contributed by atoms with van der Waals surface area (Å²) < 4.78 is 4.67. The molecular formula is C15H17N3O2S2. The Bertz CT molecular complexity index is 698. The number of thiocarbonyl (C=S) groups is 1. The number of anilines is 2. The van der Waals surface area contributed by atoms with Gasteiger partial charge in [-0.05, 0) is 37.7 Å². The number of nitrogens with zero attached hydrogens (tertiary/aromatic N) is 1. The van der Waals surface area contributed by atoms with E-state index in [9.17, 15) is 4.79 Å². The van der Waals surface area contributed by atoms with E-state index in [1.54, 1.807) is 0 Å². The minimum atomic E-state index is -0.279. The molecule has 7 heteroatoms. The predicted octanol–water partition coefficient (Wildman–Crippen LogP) is 3.28. The third kappa shape index (κ3) is 4.25. The third-order valence-corrected chi connectivity index (χ3v) is 4.32. The van der Waals surface area contributed by atoms with Gasteiger partial charge < -0.3 is 15.4 Å². The number of carbonyl (C=O) groups excluding carboxylic acids is 1. The number of benzene rings is 1. The molecule has 1 aromatic carbocycles. The minimum Gasteiger partial charge on any atom is -0.469 e. The molecule has 0 fully saturated rings. The van der Waals surface area contributed by atoms with Crippen LogP contribution in [0.15, 0.2) is 24.3 Å². The molecule has 0 bridgehead atoms. The molecule has 0 saturated carbocycles. The number of aromatic nitrogens is 1. The van der Waals surface area contributed by atoms with Crippen molar-refractivity contribution in [1.82, 2.24) is 4.98 Å². The number of carbonyl (C=O) groups is 1. The van der Waals surface area contributed by atoms with E-state index >= 15 is 0 Å². The van der Waals surface area contributed by atoms with E-state index in [0.29, 0.717) is 10.2 Å². The molecule has 0 spiro atoms. The number of rotatable bonds is 4. The number of aryl methyl sites for hydroxylation is 2. The molecule has 0 atom stereocenters. The summed E-state index contributed by atoms with van der Waals surface area (Å²) in [7, 11) is 1.37. The van der Waals surface area contributed by atoms with Crippen molar-refractivity contribution in [1.29, 1.82) is 0 Å². The maximum atomic E-state index is 11.3. The Labute approximate surface area is 138 Å². The van der Waals surface area contributed by atoms with Crippen molar-refractivity contribution in [3.8, 4) is 0 Å². The number of nitrogens with one attached hydrogen (secondary N) is 2. The van der Waals surface area contributed by atoms with E-state index in [0.717, 1.165) is 21.8 Å². The second-order valence-electron chi connectivity index (χ2n) is 4.67. The van der Waals surface area contributed by atoms with Gasteiger partial charge in [0.1, 0.15) is 0 Å². The minimum absolute atomic E-state index is 0.222. The number of esters is 1. The van der Waals surface area contributed by atoms with Crippen LogP contribution in [0.4, 0.5) is 10.8 Å². The molecule has 2 rings (SSSR count). The van der Waals surface area contributed by atoms with Crippen molar-refractivity contribution in [3.05, 3.63) is 40.4 Å². The standard InChI is InChI=1S/C15H17N3O2S2/c1-9-6-4-5-7-11(9)17-14(21)18-15-16-10(2)12(22-15)8-13(19)20-3/h4-7H,8H2,1-3H3,(H2,16,17,18,21). The quantitative estimate of drug-likeness (QED) is 0.660. The predicted molar refractivity (Wildman–Crippen MR) is 93.6 cm³/mol. The van der Waals surface area contributed by atoms with E-state index < -0.39 is 0 Å². The van der Waals surface area contributed by atoms with Crippen LogP contribution in [0, 0.1) is 13.8 Å². The lowest BCUT2D eigenvalue weighted by Crippen LogP contribution is -2.19. The Morgan fingerprint density at radius 2 is 2.05 bits per heavy atom. The first kappa shape index (κ1) is 16.4. The fraction of sp³-hybridized carbons (Fsp3) is 0.267. The molecule has 1 heterocycles. The van der Waals surface area contributed by atoms with Gasteiger partial charge >= 0.3 is 5.97 Å². The van der Waals surface area contributed by atoms with Crippen LogP contribution in [0.5, 0.6) is 0 Å². The SMILES string of the molecule is COC(=O)Cc1sc(NC(=S)Nc2ccccc2C)nc1C. The van der Waals surface area contributed by atoms with Crippen LogP contribution in [-0.4, -0.2) is 23.2 Å². The Balaban J connectivity index is 2.02. The zero-order valence-corrected chi connectivity index (χ0v) is 14.2. The number of hydrogen-bond acceptors (Lipinski definition) is 5. The van der Waals surface area contributed by atoms with Gasteiger partial charge in [0.2, 0.25) is 0 Å². The van der Waals surface area contributed by atoms with Gasteiger partial charge in [-0.1, -0.05) is 18.2 Å². The molecule has 0 amide bonds. The first-order valence-electron chi connectivity index (χ1n) is 6.66. The Morgan fingerprint density at radius 3 is 2.73 bits per heavy atom. The second-order valence-corrected chi connectivity index (χ2v) is 6.17. The first-order chi connectivity index (χ1) is 10.5. The monoisotopic (exact) mass is 335 g/mol. The summed E-state index contributed by atoms with van der Waals surface area (Å²) in [6, 6.07) is 7.88. The van der Waals surface area contributed by atoms with Crippen molar-refractivity contribution in [2.24, 2.45) is 0 Å². The molecule has 1 aromatic heterocycles. The molecule has 0 radical (unpaired) electrons. The Morgan fingerprint density at radius 1 is 1.32 bits per heavy atom. The molecule has 0 aliphatic carbocycles. The normalized spacial score (nSPS) is 10.1. The van der Waals surface area contributed by atoms with Gasteiger partial charge in [-0.2, -0.15) is 0 Å². The summed E-state index contributed by atoms with van der Waals surface area (Å²) in [4.78, 5) is 16.6. The smallest absolute Gasteiger partial charge is 0.310 e. The lowest BCUT2D eigenvalue weighted by Gasteiger charge is -2.10. The zero-order valence-electron chi connectivity index (χ0n) is 12.6. The molecule has 5 nitrogen and oxygen atoms in total. The largest absolute Gasteiger partial charge is 0.469 e. The average Bonchev–Trinajstić information content (AvgIpc) is 2.81. The highest BCUT2D eigenvalue weighted by atomic mass is 32.1. The highest BCUT2D eigenvalue weighted by molar-refractivity contribution is 7.80. The van der Waals surface area contributed by atoms with Crippen LogP contribution in [0.1, 0.15) is 16.1 Å². The summed E-state index contributed by atoms with van der Waals surface area (Å²) in [5.41, 5.74) is 2.85. The third-order valence-electron chi connectivity index (χ3n) is 3.04. The Kier molecular flexibility index (Phi) is 5.46. The van der Waals surface area contributed by atoms with Crippen molar-refractivity contribution in [2.45, 2.75) is 20.3 Å².